The molecule has 2 heterocycles. The Morgan fingerprint density at radius 3 is 2.58 bits per heavy atom. The van der Waals surface area contributed by atoms with Crippen LogP contribution in [-0.2, 0) is 17.8 Å². The number of hydrogen-bond donors (Lipinski definition) is 0. The molecule has 1 aliphatic heterocycles. The summed E-state index contributed by atoms with van der Waals surface area (Å²) in [6.45, 7) is 3.88. The van der Waals surface area contributed by atoms with E-state index in [-0.39, 0.29) is 11.8 Å². The minimum absolute atomic E-state index is 0.00925. The molecule has 3 aromatic carbocycles. The van der Waals surface area contributed by atoms with E-state index in [1.54, 1.807) is 4.90 Å². The summed E-state index contributed by atoms with van der Waals surface area (Å²) in [5.41, 5.74) is 4.04. The highest BCUT2D eigenvalue weighted by molar-refractivity contribution is 6.33. The zero-order chi connectivity index (χ0) is 22.8. The molecule has 0 spiro atoms. The first-order chi connectivity index (χ1) is 16.1. The van der Waals surface area contributed by atoms with Crippen LogP contribution in [0.25, 0.3) is 11.0 Å². The number of ether oxygens (including phenoxy) is 1. The number of halogens is 1. The molecule has 0 aliphatic carbocycles. The van der Waals surface area contributed by atoms with Gasteiger partial charge in [-0.1, -0.05) is 54.9 Å². The molecule has 1 atom stereocenters. The summed E-state index contributed by atoms with van der Waals surface area (Å²) >= 11 is 6.37. The zero-order valence-corrected chi connectivity index (χ0v) is 19.3. The molecule has 1 fully saturated rings. The van der Waals surface area contributed by atoms with Crippen LogP contribution in [0.3, 0.4) is 0 Å². The van der Waals surface area contributed by atoms with Gasteiger partial charge in [0.15, 0.2) is 0 Å². The van der Waals surface area contributed by atoms with Gasteiger partial charge in [-0.2, -0.15) is 0 Å². The van der Waals surface area contributed by atoms with Gasteiger partial charge in [0, 0.05) is 18.9 Å². The molecule has 0 N–H and O–H groups in total. The van der Waals surface area contributed by atoms with Gasteiger partial charge in [-0.25, -0.2) is 4.98 Å². The summed E-state index contributed by atoms with van der Waals surface area (Å²) < 4.78 is 8.23. The van der Waals surface area contributed by atoms with E-state index in [9.17, 15) is 4.79 Å². The van der Waals surface area contributed by atoms with Crippen LogP contribution in [-0.4, -0.2) is 28.6 Å². The number of amides is 1. The highest BCUT2D eigenvalue weighted by atomic mass is 35.5. The first-order valence-corrected chi connectivity index (χ1v) is 11.7. The first-order valence-electron chi connectivity index (χ1n) is 11.4. The van der Waals surface area contributed by atoms with Gasteiger partial charge in [-0.3, -0.25) is 4.79 Å². The highest BCUT2D eigenvalue weighted by Crippen LogP contribution is 2.36. The Morgan fingerprint density at radius 2 is 1.79 bits per heavy atom. The predicted molar refractivity (Wildman–Crippen MR) is 132 cm³/mol. The molecule has 4 aromatic rings. The van der Waals surface area contributed by atoms with Crippen molar-refractivity contribution in [2.45, 2.75) is 32.2 Å². The number of imidazole rings is 1. The molecule has 1 aromatic heterocycles. The third-order valence-electron chi connectivity index (χ3n) is 6.23. The van der Waals surface area contributed by atoms with E-state index >= 15 is 0 Å². The van der Waals surface area contributed by atoms with E-state index in [4.69, 9.17) is 21.3 Å². The second-order valence-corrected chi connectivity index (χ2v) is 8.72. The molecule has 1 amide bonds. The number of para-hydroxylation sites is 3. The van der Waals surface area contributed by atoms with E-state index < -0.39 is 0 Å². The normalized spacial score (nSPS) is 16.0. The zero-order valence-electron chi connectivity index (χ0n) is 18.6. The van der Waals surface area contributed by atoms with Gasteiger partial charge in [-0.05, 0) is 48.4 Å². The molecule has 1 aliphatic rings. The van der Waals surface area contributed by atoms with Crippen molar-refractivity contribution in [1.29, 1.82) is 0 Å². The molecule has 0 radical (unpaired) electrons. The highest BCUT2D eigenvalue weighted by Gasteiger charge is 2.35. The number of benzene rings is 3. The first kappa shape index (κ1) is 21.5. The average Bonchev–Trinajstić information content (AvgIpc) is 3.40. The topological polar surface area (TPSA) is 47.4 Å². The average molecular weight is 460 g/mol. The molecular formula is C27H26ClN3O2. The number of hydrogen-bond acceptors (Lipinski definition) is 3. The van der Waals surface area contributed by atoms with Gasteiger partial charge in [0.25, 0.3) is 0 Å². The van der Waals surface area contributed by atoms with Crippen LogP contribution < -0.4 is 9.64 Å². The standard InChI is InChI=1S/C27H26ClN3O2/c1-2-19-11-13-21(14-12-19)33-16-15-30-25-10-6-4-8-23(25)29-27(30)20-17-26(32)31(18-20)24-9-5-3-7-22(24)28/h3-14,20H,2,15-18H2,1H3/t20-/m1/s1. The Labute approximate surface area is 198 Å². The number of aromatic nitrogens is 2. The van der Waals surface area contributed by atoms with Crippen molar-refractivity contribution < 1.29 is 9.53 Å². The van der Waals surface area contributed by atoms with Crippen LogP contribution in [0.2, 0.25) is 5.02 Å². The Kier molecular flexibility index (Phi) is 6.05. The van der Waals surface area contributed by atoms with Crippen LogP contribution >= 0.6 is 11.6 Å². The molecule has 33 heavy (non-hydrogen) atoms. The van der Waals surface area contributed by atoms with Gasteiger partial charge in [0.05, 0.1) is 28.3 Å². The van der Waals surface area contributed by atoms with Crippen molar-refractivity contribution in [3.8, 4) is 5.75 Å². The van der Waals surface area contributed by atoms with E-state index in [1.807, 2.05) is 54.6 Å². The largest absolute Gasteiger partial charge is 0.492 e. The molecule has 0 saturated carbocycles. The fourth-order valence-electron chi connectivity index (χ4n) is 4.50. The summed E-state index contributed by atoms with van der Waals surface area (Å²) in [7, 11) is 0. The van der Waals surface area contributed by atoms with Gasteiger partial charge in [0.2, 0.25) is 5.91 Å². The van der Waals surface area contributed by atoms with Crippen LogP contribution in [0.4, 0.5) is 5.69 Å². The maximum Gasteiger partial charge on any atom is 0.227 e. The molecule has 1 saturated heterocycles. The molecule has 168 valence electrons. The second kappa shape index (κ2) is 9.28. The number of carbonyl (C=O) groups is 1. The van der Waals surface area contributed by atoms with Crippen molar-refractivity contribution in [1.82, 2.24) is 9.55 Å². The van der Waals surface area contributed by atoms with E-state index in [0.29, 0.717) is 31.1 Å². The maximum absolute atomic E-state index is 12.9. The van der Waals surface area contributed by atoms with Crippen LogP contribution in [0.15, 0.2) is 72.8 Å². The number of carbonyl (C=O) groups excluding carboxylic acids is 1. The lowest BCUT2D eigenvalue weighted by atomic mass is 10.1. The lowest BCUT2D eigenvalue weighted by Gasteiger charge is -2.18. The monoisotopic (exact) mass is 459 g/mol. The Hall–Kier alpha value is -3.31. The van der Waals surface area contributed by atoms with Gasteiger partial charge >= 0.3 is 0 Å². The van der Waals surface area contributed by atoms with Crippen molar-refractivity contribution in [3.63, 3.8) is 0 Å². The molecule has 0 bridgehead atoms. The molecular weight excluding hydrogens is 434 g/mol. The van der Waals surface area contributed by atoms with Gasteiger partial charge in [-0.15, -0.1) is 0 Å². The minimum Gasteiger partial charge on any atom is -0.492 e. The Bertz CT molecular complexity index is 1280. The van der Waals surface area contributed by atoms with Crippen LogP contribution in [0.5, 0.6) is 5.75 Å². The summed E-state index contributed by atoms with van der Waals surface area (Å²) in [6, 6.07) is 23.8. The number of anilines is 1. The van der Waals surface area contributed by atoms with Crippen molar-refractivity contribution in [2.75, 3.05) is 18.1 Å². The fraction of sp³-hybridized carbons (Fsp3) is 0.259. The number of rotatable bonds is 7. The summed E-state index contributed by atoms with van der Waals surface area (Å²) in [4.78, 5) is 19.6. The summed E-state index contributed by atoms with van der Waals surface area (Å²) in [6.07, 6.45) is 1.42. The third-order valence-corrected chi connectivity index (χ3v) is 6.55. The van der Waals surface area contributed by atoms with Crippen molar-refractivity contribution in [2.24, 2.45) is 0 Å². The molecule has 6 heteroatoms. The van der Waals surface area contributed by atoms with Crippen LogP contribution in [0.1, 0.15) is 30.7 Å². The lowest BCUT2D eigenvalue weighted by molar-refractivity contribution is -0.117. The molecule has 5 nitrogen and oxygen atoms in total. The Balaban J connectivity index is 1.38. The quantitative estimate of drug-likeness (QED) is 0.348. The second-order valence-electron chi connectivity index (χ2n) is 8.31. The number of nitrogens with zero attached hydrogens (tertiary/aromatic N) is 3. The lowest BCUT2D eigenvalue weighted by Crippen LogP contribution is -2.25. The fourth-order valence-corrected chi connectivity index (χ4v) is 4.74. The molecule has 5 rings (SSSR count). The smallest absolute Gasteiger partial charge is 0.227 e. The van der Waals surface area contributed by atoms with Crippen molar-refractivity contribution in [3.05, 3.63) is 89.2 Å². The Morgan fingerprint density at radius 1 is 1.03 bits per heavy atom. The van der Waals surface area contributed by atoms with E-state index in [2.05, 4.69) is 29.7 Å². The van der Waals surface area contributed by atoms with Gasteiger partial charge < -0.3 is 14.2 Å². The predicted octanol–water partition coefficient (Wildman–Crippen LogP) is 5.85. The van der Waals surface area contributed by atoms with Crippen molar-refractivity contribution >= 4 is 34.2 Å². The summed E-state index contributed by atoms with van der Waals surface area (Å²) in [5, 5.41) is 0.586. The van der Waals surface area contributed by atoms with Gasteiger partial charge in [0.1, 0.15) is 18.2 Å². The number of fused-ring (bicyclic) bond motifs is 1. The minimum atomic E-state index is -0.00925. The maximum atomic E-state index is 12.9. The van der Waals surface area contributed by atoms with E-state index in [1.165, 1.54) is 5.56 Å². The summed E-state index contributed by atoms with van der Waals surface area (Å²) in [5.74, 6) is 1.84. The molecule has 0 unspecified atom stereocenters. The van der Waals surface area contributed by atoms with E-state index in [0.717, 1.165) is 34.7 Å². The third kappa shape index (κ3) is 4.33. The van der Waals surface area contributed by atoms with Crippen LogP contribution in [0, 0.1) is 0 Å². The number of aryl methyl sites for hydroxylation is 1. The SMILES string of the molecule is CCc1ccc(OCCn2c([C@@H]3CC(=O)N(c4ccccc4Cl)C3)nc3ccccc32)cc1.